The van der Waals surface area contributed by atoms with Crippen molar-refractivity contribution in [3.63, 3.8) is 0 Å². The zero-order valence-electron chi connectivity index (χ0n) is 10.4. The van der Waals surface area contributed by atoms with E-state index >= 15 is 0 Å². The quantitative estimate of drug-likeness (QED) is 0.831. The number of nitrogens with one attached hydrogen (secondary N) is 1. The lowest BCUT2D eigenvalue weighted by atomic mass is 9.98. The van der Waals surface area contributed by atoms with Crippen molar-refractivity contribution in [2.75, 3.05) is 18.0 Å². The Balaban J connectivity index is 2.34. The Bertz CT molecular complexity index is 420. The summed E-state index contributed by atoms with van der Waals surface area (Å²) in [4.78, 5) is 2.08. The number of hydrogen-bond acceptors (Lipinski definition) is 2. The van der Waals surface area contributed by atoms with E-state index in [1.807, 2.05) is 0 Å². The van der Waals surface area contributed by atoms with E-state index in [1.54, 1.807) is 12.1 Å². The molecule has 1 saturated heterocycles. The smallest absolute Gasteiger partial charge is 0.146 e. The highest BCUT2D eigenvalue weighted by molar-refractivity contribution is 6.30. The number of benzene rings is 1. The molecule has 0 radical (unpaired) electrons. The van der Waals surface area contributed by atoms with Gasteiger partial charge in [0.2, 0.25) is 0 Å². The average molecular weight is 257 g/mol. The molecular weight excluding hydrogens is 239 g/mol. The van der Waals surface area contributed by atoms with E-state index in [-0.39, 0.29) is 17.4 Å². The summed E-state index contributed by atoms with van der Waals surface area (Å²) in [5.41, 5.74) is 0.584. The number of nitrogens with zero attached hydrogens (tertiary/aromatic N) is 1. The molecule has 0 aliphatic carbocycles. The van der Waals surface area contributed by atoms with Gasteiger partial charge in [0.05, 0.1) is 5.69 Å². The fraction of sp³-hybridized carbons (Fsp3) is 0.538. The third-order valence-corrected chi connectivity index (χ3v) is 3.43. The molecule has 1 aliphatic heterocycles. The molecule has 1 N–H and O–H groups in total. The van der Waals surface area contributed by atoms with Gasteiger partial charge in [-0.1, -0.05) is 11.6 Å². The van der Waals surface area contributed by atoms with Gasteiger partial charge < -0.3 is 10.2 Å². The minimum absolute atomic E-state index is 0.0126. The van der Waals surface area contributed by atoms with E-state index in [2.05, 4.69) is 31.0 Å². The zero-order chi connectivity index (χ0) is 12.6. The Morgan fingerprint density at radius 2 is 2.18 bits per heavy atom. The van der Waals surface area contributed by atoms with E-state index in [9.17, 15) is 4.39 Å². The first-order valence-corrected chi connectivity index (χ1v) is 6.23. The van der Waals surface area contributed by atoms with Crippen LogP contribution in [-0.2, 0) is 0 Å². The monoisotopic (exact) mass is 256 g/mol. The van der Waals surface area contributed by atoms with Crippen molar-refractivity contribution in [3.05, 3.63) is 29.0 Å². The third-order valence-electron chi connectivity index (χ3n) is 3.19. The predicted molar refractivity (Wildman–Crippen MR) is 70.3 cm³/mol. The fourth-order valence-corrected chi connectivity index (χ4v) is 2.37. The Morgan fingerprint density at radius 1 is 1.47 bits per heavy atom. The molecule has 94 valence electrons. The van der Waals surface area contributed by atoms with Gasteiger partial charge in [-0.15, -0.1) is 0 Å². The zero-order valence-corrected chi connectivity index (χ0v) is 11.2. The molecule has 0 bridgehead atoms. The summed E-state index contributed by atoms with van der Waals surface area (Å²) in [6.45, 7) is 7.94. The second-order valence-electron chi connectivity index (χ2n) is 5.34. The van der Waals surface area contributed by atoms with Crippen molar-refractivity contribution in [1.82, 2.24) is 5.32 Å². The molecule has 0 spiro atoms. The van der Waals surface area contributed by atoms with Gasteiger partial charge in [0.15, 0.2) is 0 Å². The Hall–Kier alpha value is -0.800. The van der Waals surface area contributed by atoms with E-state index in [4.69, 9.17) is 11.6 Å². The molecular formula is C13H18ClFN2. The summed E-state index contributed by atoms with van der Waals surface area (Å²) >= 11 is 5.95. The largest absolute Gasteiger partial charge is 0.363 e. The van der Waals surface area contributed by atoms with Gasteiger partial charge >= 0.3 is 0 Å². The average Bonchev–Trinajstić information content (AvgIpc) is 2.25. The van der Waals surface area contributed by atoms with Crippen LogP contribution in [0.2, 0.25) is 5.02 Å². The molecule has 1 unspecified atom stereocenters. The van der Waals surface area contributed by atoms with Crippen LogP contribution in [0.5, 0.6) is 0 Å². The number of halogens is 2. The van der Waals surface area contributed by atoms with Crippen molar-refractivity contribution >= 4 is 17.3 Å². The van der Waals surface area contributed by atoms with Gasteiger partial charge in [-0.3, -0.25) is 0 Å². The van der Waals surface area contributed by atoms with Crippen LogP contribution in [0.3, 0.4) is 0 Å². The van der Waals surface area contributed by atoms with Crippen molar-refractivity contribution < 1.29 is 4.39 Å². The maximum atomic E-state index is 13.9. The standard InChI is InChI=1S/C13H18ClFN2/c1-9-7-16-13(2,3)8-17(9)12-6-10(14)4-5-11(12)15/h4-6,9,16H,7-8H2,1-3H3. The molecule has 2 nitrogen and oxygen atoms in total. The second-order valence-corrected chi connectivity index (χ2v) is 5.77. The number of hydrogen-bond donors (Lipinski definition) is 1. The highest BCUT2D eigenvalue weighted by atomic mass is 35.5. The van der Waals surface area contributed by atoms with E-state index in [1.165, 1.54) is 6.07 Å². The summed E-state index contributed by atoms with van der Waals surface area (Å²) < 4.78 is 13.9. The lowest BCUT2D eigenvalue weighted by Crippen LogP contribution is -2.61. The molecule has 0 amide bonds. The molecule has 0 saturated carbocycles. The molecule has 1 aromatic carbocycles. The van der Waals surface area contributed by atoms with Crippen molar-refractivity contribution in [2.45, 2.75) is 32.4 Å². The molecule has 0 aromatic heterocycles. The minimum atomic E-state index is -0.209. The van der Waals surface area contributed by atoms with Crippen LogP contribution in [-0.4, -0.2) is 24.7 Å². The Morgan fingerprint density at radius 3 is 2.88 bits per heavy atom. The van der Waals surface area contributed by atoms with Gasteiger partial charge in [0.1, 0.15) is 5.82 Å². The van der Waals surface area contributed by atoms with Crippen LogP contribution in [0.25, 0.3) is 0 Å². The Kier molecular flexibility index (Phi) is 3.32. The second kappa shape index (κ2) is 4.46. The highest BCUT2D eigenvalue weighted by Gasteiger charge is 2.31. The fourth-order valence-electron chi connectivity index (χ4n) is 2.20. The maximum absolute atomic E-state index is 13.9. The van der Waals surface area contributed by atoms with Gasteiger partial charge in [0.25, 0.3) is 0 Å². The van der Waals surface area contributed by atoms with Crippen molar-refractivity contribution in [1.29, 1.82) is 0 Å². The SMILES string of the molecule is CC1CNC(C)(C)CN1c1cc(Cl)ccc1F. The predicted octanol–water partition coefficient (Wildman–Crippen LogP) is 3.06. The van der Waals surface area contributed by atoms with E-state index < -0.39 is 0 Å². The van der Waals surface area contributed by atoms with Crippen LogP contribution < -0.4 is 10.2 Å². The first-order valence-electron chi connectivity index (χ1n) is 5.86. The van der Waals surface area contributed by atoms with Gasteiger partial charge in [-0.05, 0) is 39.0 Å². The van der Waals surface area contributed by atoms with E-state index in [0.717, 1.165) is 13.1 Å². The molecule has 4 heteroatoms. The number of rotatable bonds is 1. The molecule has 1 atom stereocenters. The summed E-state index contributed by atoms with van der Waals surface area (Å²) in [5, 5.41) is 4.02. The third kappa shape index (κ3) is 2.72. The van der Waals surface area contributed by atoms with Crippen LogP contribution in [0.15, 0.2) is 18.2 Å². The van der Waals surface area contributed by atoms with Gasteiger partial charge in [0, 0.05) is 29.7 Å². The van der Waals surface area contributed by atoms with Crippen LogP contribution in [0, 0.1) is 5.82 Å². The lowest BCUT2D eigenvalue weighted by molar-refractivity contribution is 0.316. The summed E-state index contributed by atoms with van der Waals surface area (Å²) in [7, 11) is 0. The molecule has 1 aromatic rings. The van der Waals surface area contributed by atoms with Gasteiger partial charge in [-0.25, -0.2) is 4.39 Å². The summed E-state index contributed by atoms with van der Waals surface area (Å²) in [5.74, 6) is -0.209. The topological polar surface area (TPSA) is 15.3 Å². The minimum Gasteiger partial charge on any atom is -0.363 e. The Labute approximate surface area is 107 Å². The normalized spacial score (nSPS) is 23.8. The first kappa shape index (κ1) is 12.7. The number of anilines is 1. The summed E-state index contributed by atoms with van der Waals surface area (Å²) in [6.07, 6.45) is 0. The molecule has 1 fully saturated rings. The first-order chi connectivity index (χ1) is 7.89. The number of piperazine rings is 1. The molecule has 17 heavy (non-hydrogen) atoms. The van der Waals surface area contributed by atoms with Crippen LogP contribution >= 0.6 is 11.6 Å². The molecule has 1 aliphatic rings. The maximum Gasteiger partial charge on any atom is 0.146 e. The molecule has 2 rings (SSSR count). The lowest BCUT2D eigenvalue weighted by Gasteiger charge is -2.44. The summed E-state index contributed by atoms with van der Waals surface area (Å²) in [6, 6.07) is 4.98. The molecule has 1 heterocycles. The van der Waals surface area contributed by atoms with Crippen molar-refractivity contribution in [3.8, 4) is 0 Å². The van der Waals surface area contributed by atoms with Gasteiger partial charge in [-0.2, -0.15) is 0 Å². The van der Waals surface area contributed by atoms with Crippen LogP contribution in [0.1, 0.15) is 20.8 Å². The van der Waals surface area contributed by atoms with Crippen molar-refractivity contribution in [2.24, 2.45) is 0 Å². The van der Waals surface area contributed by atoms with Crippen LogP contribution in [0.4, 0.5) is 10.1 Å². The van der Waals surface area contributed by atoms with E-state index in [0.29, 0.717) is 10.7 Å². The highest BCUT2D eigenvalue weighted by Crippen LogP contribution is 2.28.